The number of ketones is 1. The van der Waals surface area contributed by atoms with E-state index >= 15 is 0 Å². The van der Waals surface area contributed by atoms with E-state index in [-0.39, 0.29) is 17.4 Å². The van der Waals surface area contributed by atoms with Crippen molar-refractivity contribution >= 4 is 23.2 Å². The number of methoxy groups -OCH3 is 2. The van der Waals surface area contributed by atoms with Gasteiger partial charge in [-0.25, -0.2) is 4.79 Å². The van der Waals surface area contributed by atoms with Crippen LogP contribution < -0.4 is 14.8 Å². The largest absolute Gasteiger partial charge is 0.493 e. The van der Waals surface area contributed by atoms with Crippen LogP contribution in [-0.2, 0) is 17.6 Å². The van der Waals surface area contributed by atoms with Crippen molar-refractivity contribution in [3.63, 3.8) is 0 Å². The molecule has 2 aromatic rings. The van der Waals surface area contributed by atoms with Gasteiger partial charge in [0.25, 0.3) is 0 Å². The minimum atomic E-state index is -0.356. The lowest BCUT2D eigenvalue weighted by Crippen LogP contribution is -2.40. The summed E-state index contributed by atoms with van der Waals surface area (Å²) < 4.78 is 15.6. The van der Waals surface area contributed by atoms with Gasteiger partial charge in [-0.3, -0.25) is 4.79 Å². The lowest BCUT2D eigenvalue weighted by atomic mass is 9.96. The second kappa shape index (κ2) is 9.51. The average molecular weight is 432 g/mol. The fourth-order valence-electron chi connectivity index (χ4n) is 3.59. The highest BCUT2D eigenvalue weighted by Crippen LogP contribution is 2.30. The van der Waals surface area contributed by atoms with Crippen LogP contribution in [0.25, 0.3) is 0 Å². The summed E-state index contributed by atoms with van der Waals surface area (Å²) in [5.41, 5.74) is 1.92. The van der Waals surface area contributed by atoms with Gasteiger partial charge in [-0.2, -0.15) is 0 Å². The van der Waals surface area contributed by atoms with Crippen LogP contribution in [0, 0.1) is 6.92 Å². The monoisotopic (exact) mass is 431 g/mol. The zero-order valence-corrected chi connectivity index (χ0v) is 18.8. The van der Waals surface area contributed by atoms with Gasteiger partial charge >= 0.3 is 6.09 Å². The number of ether oxygens (including phenoxy) is 3. The van der Waals surface area contributed by atoms with Crippen LogP contribution in [0.3, 0.4) is 0 Å². The molecule has 0 unspecified atom stereocenters. The van der Waals surface area contributed by atoms with E-state index in [0.717, 1.165) is 41.7 Å². The maximum atomic E-state index is 12.7. The molecular formula is C23H29NO5S. The molecule has 0 spiro atoms. The fourth-order valence-corrected chi connectivity index (χ4v) is 4.73. The van der Waals surface area contributed by atoms with E-state index in [1.54, 1.807) is 25.6 Å². The average Bonchev–Trinajstić information content (AvgIpc) is 3.28. The Morgan fingerprint density at radius 2 is 1.97 bits per heavy atom. The van der Waals surface area contributed by atoms with E-state index in [4.69, 9.17) is 14.2 Å². The molecular weight excluding hydrogens is 402 g/mol. The Labute approximate surface area is 181 Å². The third-order valence-electron chi connectivity index (χ3n) is 5.44. The van der Waals surface area contributed by atoms with Gasteiger partial charge in [-0.05, 0) is 68.9 Å². The van der Waals surface area contributed by atoms with Crippen molar-refractivity contribution in [3.05, 3.63) is 45.1 Å². The standard InChI is InChI=1S/C23H29NO5S/c1-15-12-21(30-20(15)10-11-23(2)14-29-22(26)24-23)17(25)7-5-6-16-8-9-18(27-3)19(13-16)28-4/h8-9,12-13H,5-7,10-11,14H2,1-4H3,(H,24,26)/t23-/m1/s1. The molecule has 1 N–H and O–H groups in total. The zero-order chi connectivity index (χ0) is 21.7. The summed E-state index contributed by atoms with van der Waals surface area (Å²) in [5, 5.41) is 2.87. The summed E-state index contributed by atoms with van der Waals surface area (Å²) in [5.74, 6) is 1.59. The lowest BCUT2D eigenvalue weighted by Gasteiger charge is -2.20. The van der Waals surface area contributed by atoms with Crippen molar-refractivity contribution in [3.8, 4) is 11.5 Å². The molecule has 6 nitrogen and oxygen atoms in total. The molecule has 0 aliphatic carbocycles. The molecule has 0 saturated carbocycles. The van der Waals surface area contributed by atoms with Crippen LogP contribution in [0.15, 0.2) is 24.3 Å². The molecule has 1 saturated heterocycles. The number of amides is 1. The molecule has 1 atom stereocenters. The topological polar surface area (TPSA) is 73.9 Å². The van der Waals surface area contributed by atoms with Crippen molar-refractivity contribution < 1.29 is 23.8 Å². The number of carbonyl (C=O) groups excluding carboxylic acids is 2. The molecule has 1 aromatic heterocycles. The van der Waals surface area contributed by atoms with E-state index in [1.165, 1.54) is 4.88 Å². The smallest absolute Gasteiger partial charge is 0.407 e. The number of hydrogen-bond donors (Lipinski definition) is 1. The van der Waals surface area contributed by atoms with Gasteiger partial charge in [0, 0.05) is 11.3 Å². The predicted molar refractivity (Wildman–Crippen MR) is 117 cm³/mol. The molecule has 2 heterocycles. The predicted octanol–water partition coefficient (Wildman–Crippen LogP) is 4.71. The number of Topliss-reactive ketones (excluding diaryl/α,β-unsaturated/α-hetero) is 1. The van der Waals surface area contributed by atoms with Gasteiger partial charge in [0.05, 0.1) is 24.6 Å². The van der Waals surface area contributed by atoms with Crippen LogP contribution in [0.2, 0.25) is 0 Å². The normalized spacial score (nSPS) is 18.1. The molecule has 162 valence electrons. The summed E-state index contributed by atoms with van der Waals surface area (Å²) in [7, 11) is 3.24. The number of rotatable bonds is 10. The second-order valence-corrected chi connectivity index (χ2v) is 9.08. The Kier molecular flexibility index (Phi) is 7.02. The molecule has 1 aromatic carbocycles. The number of alkyl carbamates (subject to hydrolysis) is 1. The quantitative estimate of drug-likeness (QED) is 0.552. The Morgan fingerprint density at radius 3 is 2.63 bits per heavy atom. The molecule has 1 fully saturated rings. The minimum absolute atomic E-state index is 0.179. The van der Waals surface area contributed by atoms with Crippen molar-refractivity contribution in [2.45, 2.75) is 51.5 Å². The summed E-state index contributed by atoms with van der Waals surface area (Å²) in [6, 6.07) is 7.85. The van der Waals surface area contributed by atoms with E-state index < -0.39 is 0 Å². The van der Waals surface area contributed by atoms with Crippen molar-refractivity contribution in [1.82, 2.24) is 5.32 Å². The number of nitrogens with one attached hydrogen (secondary N) is 1. The summed E-state index contributed by atoms with van der Waals surface area (Å²) in [6.07, 6.45) is 3.34. The summed E-state index contributed by atoms with van der Waals surface area (Å²) in [4.78, 5) is 26.0. The van der Waals surface area contributed by atoms with Gasteiger partial charge in [0.1, 0.15) is 6.61 Å². The van der Waals surface area contributed by atoms with E-state index in [2.05, 4.69) is 5.32 Å². The Hall–Kier alpha value is -2.54. The molecule has 3 rings (SSSR count). The van der Waals surface area contributed by atoms with Gasteiger partial charge in [0.2, 0.25) is 0 Å². The van der Waals surface area contributed by atoms with Crippen LogP contribution >= 0.6 is 11.3 Å². The molecule has 1 amide bonds. The number of benzene rings is 1. The number of cyclic esters (lactones) is 1. The molecule has 7 heteroatoms. The first-order chi connectivity index (χ1) is 14.3. The minimum Gasteiger partial charge on any atom is -0.493 e. The van der Waals surface area contributed by atoms with Crippen LogP contribution in [0.1, 0.15) is 51.9 Å². The number of hydrogen-bond acceptors (Lipinski definition) is 6. The fraction of sp³-hybridized carbons (Fsp3) is 0.478. The van der Waals surface area contributed by atoms with E-state index in [1.807, 2.05) is 38.1 Å². The second-order valence-electron chi connectivity index (χ2n) is 7.94. The van der Waals surface area contributed by atoms with Gasteiger partial charge < -0.3 is 19.5 Å². The van der Waals surface area contributed by atoms with Gasteiger partial charge in [-0.1, -0.05) is 6.07 Å². The van der Waals surface area contributed by atoms with Crippen LogP contribution in [0.5, 0.6) is 11.5 Å². The van der Waals surface area contributed by atoms with E-state index in [9.17, 15) is 9.59 Å². The van der Waals surface area contributed by atoms with Crippen molar-refractivity contribution in [2.75, 3.05) is 20.8 Å². The maximum absolute atomic E-state index is 12.7. The zero-order valence-electron chi connectivity index (χ0n) is 18.0. The Balaban J connectivity index is 1.52. The first kappa shape index (κ1) is 22.2. The van der Waals surface area contributed by atoms with Crippen LogP contribution in [0.4, 0.5) is 4.79 Å². The lowest BCUT2D eigenvalue weighted by molar-refractivity contribution is 0.0984. The SMILES string of the molecule is COc1ccc(CCCC(=O)c2cc(C)c(CC[C@]3(C)COC(=O)N3)s2)cc1OC. The summed E-state index contributed by atoms with van der Waals surface area (Å²) >= 11 is 1.57. The third kappa shape index (κ3) is 5.33. The first-order valence-electron chi connectivity index (χ1n) is 10.1. The molecule has 1 aliphatic heterocycles. The highest BCUT2D eigenvalue weighted by Gasteiger charge is 2.34. The van der Waals surface area contributed by atoms with Gasteiger partial charge in [0.15, 0.2) is 17.3 Å². The number of aryl methyl sites for hydroxylation is 3. The molecule has 0 bridgehead atoms. The summed E-state index contributed by atoms with van der Waals surface area (Å²) in [6.45, 7) is 4.41. The highest BCUT2D eigenvalue weighted by molar-refractivity contribution is 7.14. The third-order valence-corrected chi connectivity index (χ3v) is 6.78. The number of carbonyl (C=O) groups is 2. The molecule has 30 heavy (non-hydrogen) atoms. The Bertz CT molecular complexity index is 922. The van der Waals surface area contributed by atoms with Crippen LogP contribution in [-0.4, -0.2) is 38.2 Å². The highest BCUT2D eigenvalue weighted by atomic mass is 32.1. The number of thiophene rings is 1. The van der Waals surface area contributed by atoms with Gasteiger partial charge in [-0.15, -0.1) is 11.3 Å². The van der Waals surface area contributed by atoms with Crippen molar-refractivity contribution in [1.29, 1.82) is 0 Å². The molecule has 0 radical (unpaired) electrons. The Morgan fingerprint density at radius 1 is 1.20 bits per heavy atom. The maximum Gasteiger partial charge on any atom is 0.407 e. The molecule has 1 aliphatic rings. The van der Waals surface area contributed by atoms with Crippen molar-refractivity contribution in [2.24, 2.45) is 0 Å². The first-order valence-corrected chi connectivity index (χ1v) is 10.9. The van der Waals surface area contributed by atoms with E-state index in [0.29, 0.717) is 24.5 Å².